The van der Waals surface area contributed by atoms with Crippen molar-refractivity contribution in [2.24, 2.45) is 0 Å². The van der Waals surface area contributed by atoms with Crippen molar-refractivity contribution >= 4 is 23.0 Å². The second-order valence-corrected chi connectivity index (χ2v) is 5.99. The minimum atomic E-state index is -0.276. The first kappa shape index (κ1) is 16.3. The number of nitrogens with one attached hydrogen (secondary N) is 2. The Kier molecular flexibility index (Phi) is 4.69. The molecule has 1 aromatic heterocycles. The van der Waals surface area contributed by atoms with Gasteiger partial charge in [-0.25, -0.2) is 9.78 Å². The molecule has 1 fully saturated rings. The highest BCUT2D eigenvalue weighted by Crippen LogP contribution is 2.15. The number of amides is 2. The quantitative estimate of drug-likeness (QED) is 0.903. The molecule has 0 unspecified atom stereocenters. The van der Waals surface area contributed by atoms with Crippen LogP contribution in [0.3, 0.4) is 0 Å². The van der Waals surface area contributed by atoms with Crippen LogP contribution < -0.4 is 5.32 Å². The van der Waals surface area contributed by atoms with Gasteiger partial charge in [0.25, 0.3) is 5.91 Å². The molecule has 1 aromatic carbocycles. The van der Waals surface area contributed by atoms with E-state index < -0.39 is 0 Å². The van der Waals surface area contributed by atoms with Crippen molar-refractivity contribution in [1.29, 1.82) is 0 Å². The van der Waals surface area contributed by atoms with Gasteiger partial charge in [-0.3, -0.25) is 4.79 Å². The van der Waals surface area contributed by atoms with E-state index in [-0.39, 0.29) is 18.0 Å². The number of aryl methyl sites for hydroxylation is 1. The van der Waals surface area contributed by atoms with E-state index in [1.165, 1.54) is 0 Å². The minimum absolute atomic E-state index is 0.0716. The highest BCUT2D eigenvalue weighted by atomic mass is 16.6. The first-order chi connectivity index (χ1) is 11.6. The molecular formula is C17H22N4O3. The number of piperidine rings is 1. The summed E-state index contributed by atoms with van der Waals surface area (Å²) in [7, 11) is 0. The zero-order valence-electron chi connectivity index (χ0n) is 14.0. The maximum Gasteiger partial charge on any atom is 0.409 e. The molecule has 0 radical (unpaired) electrons. The van der Waals surface area contributed by atoms with Gasteiger partial charge in [0.1, 0.15) is 5.82 Å². The molecule has 2 heterocycles. The summed E-state index contributed by atoms with van der Waals surface area (Å²) < 4.78 is 5.00. The number of fused-ring (bicyclic) bond motifs is 1. The van der Waals surface area contributed by atoms with Gasteiger partial charge in [0.2, 0.25) is 0 Å². The van der Waals surface area contributed by atoms with Crippen molar-refractivity contribution in [1.82, 2.24) is 20.2 Å². The maximum atomic E-state index is 12.4. The summed E-state index contributed by atoms with van der Waals surface area (Å²) in [5, 5.41) is 3.05. The number of ether oxygens (including phenoxy) is 1. The minimum Gasteiger partial charge on any atom is -0.450 e. The van der Waals surface area contributed by atoms with E-state index in [1.54, 1.807) is 17.9 Å². The molecule has 0 bridgehead atoms. The number of H-pyrrole nitrogens is 1. The highest BCUT2D eigenvalue weighted by Gasteiger charge is 2.24. The summed E-state index contributed by atoms with van der Waals surface area (Å²) >= 11 is 0. The summed E-state index contributed by atoms with van der Waals surface area (Å²) in [5.41, 5.74) is 2.32. The van der Waals surface area contributed by atoms with Crippen LogP contribution in [-0.4, -0.2) is 52.6 Å². The number of carbonyl (C=O) groups is 2. The number of imidazole rings is 1. The number of aromatic amines is 1. The summed E-state index contributed by atoms with van der Waals surface area (Å²) in [6.07, 6.45) is 1.19. The number of carbonyl (C=O) groups excluding carboxylic acids is 2. The van der Waals surface area contributed by atoms with Crippen molar-refractivity contribution in [2.75, 3.05) is 19.7 Å². The standard InChI is InChI=1S/C17H22N4O3/c1-3-24-17(23)21-8-6-13(7-9-21)20-16(22)12-4-5-14-15(10-12)19-11(2)18-14/h4-5,10,13H,3,6-9H2,1-2H3,(H,18,19)(H,20,22). The molecule has 7 nitrogen and oxygen atoms in total. The molecule has 3 rings (SSSR count). The van der Waals surface area contributed by atoms with Gasteiger partial charge in [-0.05, 0) is 44.9 Å². The summed E-state index contributed by atoms with van der Waals surface area (Å²) in [5.74, 6) is 0.729. The Morgan fingerprint density at radius 3 is 2.83 bits per heavy atom. The predicted octanol–water partition coefficient (Wildman–Crippen LogP) is 2.22. The van der Waals surface area contributed by atoms with Gasteiger partial charge in [-0.1, -0.05) is 0 Å². The highest BCUT2D eigenvalue weighted by molar-refractivity contribution is 5.97. The lowest BCUT2D eigenvalue weighted by Gasteiger charge is -2.31. The molecule has 7 heteroatoms. The van der Waals surface area contributed by atoms with E-state index in [4.69, 9.17) is 4.74 Å². The first-order valence-corrected chi connectivity index (χ1v) is 8.25. The third kappa shape index (κ3) is 3.50. The van der Waals surface area contributed by atoms with Crippen LogP contribution in [0.4, 0.5) is 4.79 Å². The fraction of sp³-hybridized carbons (Fsp3) is 0.471. The lowest BCUT2D eigenvalue weighted by molar-refractivity contribution is 0.0860. The Bertz CT molecular complexity index is 747. The Morgan fingerprint density at radius 2 is 2.12 bits per heavy atom. The Labute approximate surface area is 140 Å². The zero-order chi connectivity index (χ0) is 17.1. The third-order valence-corrected chi connectivity index (χ3v) is 4.22. The van der Waals surface area contributed by atoms with E-state index in [2.05, 4.69) is 15.3 Å². The van der Waals surface area contributed by atoms with E-state index >= 15 is 0 Å². The molecule has 0 aliphatic carbocycles. The normalized spacial score (nSPS) is 15.5. The second kappa shape index (κ2) is 6.90. The molecule has 24 heavy (non-hydrogen) atoms. The molecule has 128 valence electrons. The number of likely N-dealkylation sites (tertiary alicyclic amines) is 1. The Hall–Kier alpha value is -2.57. The molecule has 1 aliphatic heterocycles. The molecule has 0 spiro atoms. The van der Waals surface area contributed by atoms with Crippen LogP contribution in [0, 0.1) is 6.92 Å². The van der Waals surface area contributed by atoms with Crippen LogP contribution in [0.1, 0.15) is 35.9 Å². The summed E-state index contributed by atoms with van der Waals surface area (Å²) in [6.45, 7) is 5.26. The summed E-state index contributed by atoms with van der Waals surface area (Å²) in [6, 6.07) is 5.52. The van der Waals surface area contributed by atoms with Crippen molar-refractivity contribution in [3.05, 3.63) is 29.6 Å². The van der Waals surface area contributed by atoms with Crippen LogP contribution in [-0.2, 0) is 4.74 Å². The molecule has 2 N–H and O–H groups in total. The van der Waals surface area contributed by atoms with Gasteiger partial charge in [-0.2, -0.15) is 0 Å². The largest absolute Gasteiger partial charge is 0.450 e. The molecule has 1 saturated heterocycles. The van der Waals surface area contributed by atoms with Gasteiger partial charge in [0.15, 0.2) is 0 Å². The fourth-order valence-corrected chi connectivity index (χ4v) is 2.97. The number of rotatable bonds is 3. The van der Waals surface area contributed by atoms with Crippen LogP contribution >= 0.6 is 0 Å². The molecule has 2 amide bonds. The maximum absolute atomic E-state index is 12.4. The molecule has 1 aliphatic rings. The predicted molar refractivity (Wildman–Crippen MR) is 89.9 cm³/mol. The summed E-state index contributed by atoms with van der Waals surface area (Å²) in [4.78, 5) is 33.3. The average molecular weight is 330 g/mol. The number of nitrogens with zero attached hydrogens (tertiary/aromatic N) is 2. The van der Waals surface area contributed by atoms with Crippen LogP contribution in [0.5, 0.6) is 0 Å². The van der Waals surface area contributed by atoms with Crippen molar-refractivity contribution in [3.8, 4) is 0 Å². The lowest BCUT2D eigenvalue weighted by atomic mass is 10.0. The molecular weight excluding hydrogens is 308 g/mol. The monoisotopic (exact) mass is 330 g/mol. The number of hydrogen-bond donors (Lipinski definition) is 2. The average Bonchev–Trinajstić information content (AvgIpc) is 2.94. The Morgan fingerprint density at radius 1 is 1.38 bits per heavy atom. The second-order valence-electron chi connectivity index (χ2n) is 5.99. The number of hydrogen-bond acceptors (Lipinski definition) is 4. The van der Waals surface area contributed by atoms with Gasteiger partial charge in [-0.15, -0.1) is 0 Å². The first-order valence-electron chi connectivity index (χ1n) is 8.25. The molecule has 2 aromatic rings. The van der Waals surface area contributed by atoms with Crippen molar-refractivity contribution in [2.45, 2.75) is 32.7 Å². The number of aromatic nitrogens is 2. The third-order valence-electron chi connectivity index (χ3n) is 4.22. The van der Waals surface area contributed by atoms with Gasteiger partial charge < -0.3 is 19.9 Å². The van der Waals surface area contributed by atoms with E-state index in [0.29, 0.717) is 25.3 Å². The van der Waals surface area contributed by atoms with Crippen LogP contribution in [0.2, 0.25) is 0 Å². The lowest BCUT2D eigenvalue weighted by Crippen LogP contribution is -2.46. The van der Waals surface area contributed by atoms with Crippen molar-refractivity contribution < 1.29 is 14.3 Å². The van der Waals surface area contributed by atoms with E-state index in [0.717, 1.165) is 29.7 Å². The van der Waals surface area contributed by atoms with Crippen LogP contribution in [0.15, 0.2) is 18.2 Å². The number of benzene rings is 1. The Balaban J connectivity index is 1.58. The molecule has 0 atom stereocenters. The fourth-order valence-electron chi connectivity index (χ4n) is 2.97. The smallest absolute Gasteiger partial charge is 0.409 e. The zero-order valence-corrected chi connectivity index (χ0v) is 14.0. The van der Waals surface area contributed by atoms with Gasteiger partial charge in [0.05, 0.1) is 17.6 Å². The topological polar surface area (TPSA) is 87.3 Å². The van der Waals surface area contributed by atoms with Gasteiger partial charge >= 0.3 is 6.09 Å². The van der Waals surface area contributed by atoms with Crippen molar-refractivity contribution in [3.63, 3.8) is 0 Å². The van der Waals surface area contributed by atoms with Crippen LogP contribution in [0.25, 0.3) is 11.0 Å². The van der Waals surface area contributed by atoms with E-state index in [9.17, 15) is 9.59 Å². The SMILES string of the molecule is CCOC(=O)N1CCC(NC(=O)c2ccc3nc(C)[nH]c3c2)CC1. The van der Waals surface area contributed by atoms with E-state index in [1.807, 2.05) is 19.1 Å². The van der Waals surface area contributed by atoms with Gasteiger partial charge in [0, 0.05) is 24.7 Å². The molecule has 0 saturated carbocycles.